The van der Waals surface area contributed by atoms with Gasteiger partial charge in [0.15, 0.2) is 0 Å². The van der Waals surface area contributed by atoms with Crippen LogP contribution in [-0.4, -0.2) is 22.7 Å². The summed E-state index contributed by atoms with van der Waals surface area (Å²) < 4.78 is 0. The Balaban J connectivity index is 1.79. The van der Waals surface area contributed by atoms with Crippen molar-refractivity contribution in [3.8, 4) is 0 Å². The van der Waals surface area contributed by atoms with Crippen molar-refractivity contribution < 1.29 is 5.11 Å². The Morgan fingerprint density at radius 2 is 2.15 bits per heavy atom. The van der Waals surface area contributed by atoms with Gasteiger partial charge in [0, 0.05) is 35.8 Å². The number of aliphatic hydroxyl groups is 1. The first-order valence-electron chi connectivity index (χ1n) is 7.74. The van der Waals surface area contributed by atoms with E-state index in [1.54, 1.807) is 0 Å². The van der Waals surface area contributed by atoms with Crippen molar-refractivity contribution in [2.45, 2.75) is 51.6 Å². The van der Waals surface area contributed by atoms with Gasteiger partial charge in [0.25, 0.3) is 0 Å². The molecular weight excluding hydrogens is 248 g/mol. The first-order chi connectivity index (χ1) is 9.78. The molecule has 3 heteroatoms. The molecular formula is C17H24N2O. The van der Waals surface area contributed by atoms with Gasteiger partial charge in [0.1, 0.15) is 0 Å². The molecule has 20 heavy (non-hydrogen) atoms. The highest BCUT2D eigenvalue weighted by Crippen LogP contribution is 2.29. The topological polar surface area (TPSA) is 48.0 Å². The number of aromatic amines is 1. The monoisotopic (exact) mass is 272 g/mol. The van der Waals surface area contributed by atoms with Crippen LogP contribution in [0, 0.1) is 0 Å². The fraction of sp³-hybridized carbons (Fsp3) is 0.529. The fourth-order valence-electron chi connectivity index (χ4n) is 3.15. The van der Waals surface area contributed by atoms with Crippen molar-refractivity contribution in [2.24, 2.45) is 0 Å². The Morgan fingerprint density at radius 3 is 3.00 bits per heavy atom. The van der Waals surface area contributed by atoms with Crippen molar-refractivity contribution in [1.29, 1.82) is 0 Å². The molecule has 0 aliphatic heterocycles. The smallest absolute Gasteiger partial charge is 0.0459 e. The number of aromatic nitrogens is 1. The maximum absolute atomic E-state index is 8.94. The third-order valence-corrected chi connectivity index (χ3v) is 4.38. The van der Waals surface area contributed by atoms with Gasteiger partial charge in [-0.25, -0.2) is 0 Å². The third-order valence-electron chi connectivity index (χ3n) is 4.38. The van der Waals surface area contributed by atoms with Crippen LogP contribution >= 0.6 is 0 Å². The number of hydrogen-bond donors (Lipinski definition) is 3. The Bertz CT molecular complexity index is 588. The second-order valence-electron chi connectivity index (χ2n) is 5.96. The number of benzene rings is 1. The SMILES string of the molecule is CC(CCO)NCc1ccc2[nH]c3c(c2c1)CCCC3. The largest absolute Gasteiger partial charge is 0.396 e. The number of nitrogens with one attached hydrogen (secondary N) is 2. The molecule has 1 atom stereocenters. The molecule has 0 fully saturated rings. The summed E-state index contributed by atoms with van der Waals surface area (Å²) in [6.07, 6.45) is 5.85. The molecule has 0 radical (unpaired) electrons. The molecule has 1 unspecified atom stereocenters. The van der Waals surface area contributed by atoms with Gasteiger partial charge in [-0.3, -0.25) is 0 Å². The van der Waals surface area contributed by atoms with Gasteiger partial charge in [-0.05, 0) is 62.3 Å². The molecule has 0 spiro atoms. The quantitative estimate of drug-likeness (QED) is 0.784. The lowest BCUT2D eigenvalue weighted by molar-refractivity contribution is 0.268. The molecule has 108 valence electrons. The molecule has 3 N–H and O–H groups in total. The second-order valence-corrected chi connectivity index (χ2v) is 5.96. The van der Waals surface area contributed by atoms with Crippen LogP contribution in [0.25, 0.3) is 10.9 Å². The number of aliphatic hydroxyl groups excluding tert-OH is 1. The number of H-pyrrole nitrogens is 1. The Labute approximate surface area is 120 Å². The first kappa shape index (κ1) is 13.7. The van der Waals surface area contributed by atoms with Crippen LogP contribution in [-0.2, 0) is 19.4 Å². The van der Waals surface area contributed by atoms with E-state index < -0.39 is 0 Å². The summed E-state index contributed by atoms with van der Waals surface area (Å²) in [5, 5.41) is 13.8. The van der Waals surface area contributed by atoms with Gasteiger partial charge in [0.2, 0.25) is 0 Å². The van der Waals surface area contributed by atoms with E-state index in [0.717, 1.165) is 13.0 Å². The van der Waals surface area contributed by atoms with E-state index in [-0.39, 0.29) is 6.61 Å². The third kappa shape index (κ3) is 2.74. The standard InChI is InChI=1S/C17H24N2O/c1-12(8-9-20)18-11-13-6-7-17-15(10-13)14-4-2-3-5-16(14)19-17/h6-7,10,12,18-20H,2-5,8-9,11H2,1H3. The van der Waals surface area contributed by atoms with Gasteiger partial charge in [-0.15, -0.1) is 0 Å². The summed E-state index contributed by atoms with van der Waals surface area (Å²) in [5.74, 6) is 0. The summed E-state index contributed by atoms with van der Waals surface area (Å²) in [6, 6.07) is 7.09. The molecule has 1 heterocycles. The van der Waals surface area contributed by atoms with E-state index >= 15 is 0 Å². The number of hydrogen-bond acceptors (Lipinski definition) is 2. The molecule has 3 rings (SSSR count). The molecule has 2 aromatic rings. The number of rotatable bonds is 5. The van der Waals surface area contributed by atoms with Crippen LogP contribution < -0.4 is 5.32 Å². The molecule has 1 aromatic heterocycles. The lowest BCUT2D eigenvalue weighted by atomic mass is 9.95. The molecule has 0 saturated carbocycles. The highest BCUT2D eigenvalue weighted by Gasteiger charge is 2.15. The molecule has 1 aliphatic rings. The summed E-state index contributed by atoms with van der Waals surface area (Å²) in [6.45, 7) is 3.24. The summed E-state index contributed by atoms with van der Waals surface area (Å²) in [7, 11) is 0. The Kier molecular flexibility index (Phi) is 4.08. The summed E-state index contributed by atoms with van der Waals surface area (Å²) in [5.41, 5.74) is 5.60. The predicted molar refractivity (Wildman–Crippen MR) is 82.9 cm³/mol. The molecule has 1 aliphatic carbocycles. The molecule has 1 aromatic carbocycles. The average Bonchev–Trinajstić information content (AvgIpc) is 2.83. The van der Waals surface area contributed by atoms with Crippen LogP contribution in [0.3, 0.4) is 0 Å². The minimum Gasteiger partial charge on any atom is -0.396 e. The molecule has 0 amide bonds. The van der Waals surface area contributed by atoms with Gasteiger partial charge < -0.3 is 15.4 Å². The van der Waals surface area contributed by atoms with Crippen molar-refractivity contribution in [1.82, 2.24) is 10.3 Å². The maximum Gasteiger partial charge on any atom is 0.0459 e. The van der Waals surface area contributed by atoms with Crippen molar-refractivity contribution in [3.63, 3.8) is 0 Å². The minimum absolute atomic E-state index is 0.249. The van der Waals surface area contributed by atoms with E-state index in [1.165, 1.54) is 53.4 Å². The highest BCUT2D eigenvalue weighted by atomic mass is 16.3. The maximum atomic E-state index is 8.94. The lowest BCUT2D eigenvalue weighted by Crippen LogP contribution is -2.26. The molecule has 3 nitrogen and oxygen atoms in total. The van der Waals surface area contributed by atoms with Crippen LogP contribution in [0.1, 0.15) is 43.0 Å². The minimum atomic E-state index is 0.249. The molecule has 0 saturated heterocycles. The van der Waals surface area contributed by atoms with Crippen molar-refractivity contribution in [3.05, 3.63) is 35.0 Å². The van der Waals surface area contributed by atoms with E-state index in [0.29, 0.717) is 6.04 Å². The van der Waals surface area contributed by atoms with E-state index in [9.17, 15) is 0 Å². The zero-order chi connectivity index (χ0) is 13.9. The Morgan fingerprint density at radius 1 is 1.30 bits per heavy atom. The van der Waals surface area contributed by atoms with Gasteiger partial charge in [0.05, 0.1) is 0 Å². The van der Waals surface area contributed by atoms with E-state index in [1.807, 2.05) is 0 Å². The van der Waals surface area contributed by atoms with Crippen molar-refractivity contribution in [2.75, 3.05) is 6.61 Å². The number of fused-ring (bicyclic) bond motifs is 3. The van der Waals surface area contributed by atoms with Crippen molar-refractivity contribution >= 4 is 10.9 Å². The van der Waals surface area contributed by atoms with Crippen LogP contribution in [0.2, 0.25) is 0 Å². The zero-order valence-electron chi connectivity index (χ0n) is 12.2. The van der Waals surface area contributed by atoms with Crippen LogP contribution in [0.15, 0.2) is 18.2 Å². The Hall–Kier alpha value is -1.32. The fourth-order valence-corrected chi connectivity index (χ4v) is 3.15. The van der Waals surface area contributed by atoms with Gasteiger partial charge >= 0.3 is 0 Å². The zero-order valence-corrected chi connectivity index (χ0v) is 12.2. The predicted octanol–water partition coefficient (Wildman–Crippen LogP) is 2.91. The first-order valence-corrected chi connectivity index (χ1v) is 7.74. The number of aryl methyl sites for hydroxylation is 2. The summed E-state index contributed by atoms with van der Waals surface area (Å²) >= 11 is 0. The van der Waals surface area contributed by atoms with Crippen LogP contribution in [0.4, 0.5) is 0 Å². The molecule has 0 bridgehead atoms. The lowest BCUT2D eigenvalue weighted by Gasteiger charge is -2.13. The normalized spacial score (nSPS) is 16.3. The highest BCUT2D eigenvalue weighted by molar-refractivity contribution is 5.85. The summed E-state index contributed by atoms with van der Waals surface area (Å²) in [4.78, 5) is 3.57. The van der Waals surface area contributed by atoms with E-state index in [2.05, 4.69) is 35.4 Å². The van der Waals surface area contributed by atoms with Gasteiger partial charge in [-0.2, -0.15) is 0 Å². The second kappa shape index (κ2) is 5.98. The van der Waals surface area contributed by atoms with E-state index in [4.69, 9.17) is 5.11 Å². The van der Waals surface area contributed by atoms with Gasteiger partial charge in [-0.1, -0.05) is 6.07 Å². The van der Waals surface area contributed by atoms with Crippen LogP contribution in [0.5, 0.6) is 0 Å². The average molecular weight is 272 g/mol.